The van der Waals surface area contributed by atoms with Crippen molar-refractivity contribution in [2.75, 3.05) is 0 Å². The summed E-state index contributed by atoms with van der Waals surface area (Å²) in [5.41, 5.74) is -1.04. The van der Waals surface area contributed by atoms with Crippen LogP contribution < -0.4 is 5.32 Å². The molecule has 2 rings (SSSR count). The molecule has 1 fully saturated rings. The highest BCUT2D eigenvalue weighted by Gasteiger charge is 2.43. The highest BCUT2D eigenvalue weighted by atomic mass is 35.5. The van der Waals surface area contributed by atoms with E-state index in [0.717, 1.165) is 12.8 Å². The van der Waals surface area contributed by atoms with Gasteiger partial charge in [0.15, 0.2) is 0 Å². The molecule has 1 aromatic rings. The zero-order chi connectivity index (χ0) is 14.9. The molecule has 0 aliphatic heterocycles. The maximum Gasteiger partial charge on any atom is 0.329 e. The van der Waals surface area contributed by atoms with Gasteiger partial charge in [0.2, 0.25) is 0 Å². The van der Waals surface area contributed by atoms with E-state index in [4.69, 9.17) is 23.2 Å². The minimum atomic E-state index is -1.21. The summed E-state index contributed by atoms with van der Waals surface area (Å²) < 4.78 is 0. The first-order valence-corrected chi connectivity index (χ1v) is 7.19. The largest absolute Gasteiger partial charge is 0.480 e. The minimum Gasteiger partial charge on any atom is -0.480 e. The summed E-state index contributed by atoms with van der Waals surface area (Å²) in [6.07, 6.45) is 2.61. The van der Waals surface area contributed by atoms with E-state index in [1.54, 1.807) is 0 Å². The van der Waals surface area contributed by atoms with E-state index in [1.807, 2.05) is 6.92 Å². The Hall–Kier alpha value is -1.20. The predicted octanol–water partition coefficient (Wildman–Crippen LogP) is 3.08. The van der Waals surface area contributed by atoms with Crippen LogP contribution in [0.4, 0.5) is 0 Å². The van der Waals surface area contributed by atoms with Crippen LogP contribution in [0.5, 0.6) is 0 Å². The Kier molecular flexibility index (Phi) is 4.30. The standard InChI is InChI=1S/C13H16Cl2N2O3/c1-7-3-2-4-13(6-7,12(19)20)17-11(18)9-5-8(14)10(15)16-9/h5,7,16H,2-4,6H2,1H3,(H,17,18)(H,19,20). The van der Waals surface area contributed by atoms with Crippen LogP contribution in [0.2, 0.25) is 10.2 Å². The molecule has 0 spiro atoms. The molecule has 3 N–H and O–H groups in total. The third-order valence-electron chi connectivity index (χ3n) is 3.73. The fourth-order valence-electron chi connectivity index (χ4n) is 2.72. The summed E-state index contributed by atoms with van der Waals surface area (Å²) in [5, 5.41) is 12.5. The van der Waals surface area contributed by atoms with E-state index < -0.39 is 17.4 Å². The van der Waals surface area contributed by atoms with Gasteiger partial charge in [-0.25, -0.2) is 4.79 Å². The molecule has 5 nitrogen and oxygen atoms in total. The Bertz CT molecular complexity index is 524. The van der Waals surface area contributed by atoms with Gasteiger partial charge in [-0.2, -0.15) is 0 Å². The second-order valence-corrected chi connectivity index (χ2v) is 6.17. The molecule has 0 radical (unpaired) electrons. The Morgan fingerprint density at radius 1 is 1.50 bits per heavy atom. The lowest BCUT2D eigenvalue weighted by atomic mass is 9.76. The van der Waals surface area contributed by atoms with Crippen molar-refractivity contribution in [1.29, 1.82) is 0 Å². The number of amides is 1. The molecule has 0 bridgehead atoms. The Morgan fingerprint density at radius 2 is 2.20 bits per heavy atom. The van der Waals surface area contributed by atoms with Gasteiger partial charge in [-0.3, -0.25) is 4.79 Å². The van der Waals surface area contributed by atoms with Gasteiger partial charge in [-0.05, 0) is 24.8 Å². The lowest BCUT2D eigenvalue weighted by Crippen LogP contribution is -2.56. The molecule has 1 aliphatic rings. The molecule has 0 aromatic carbocycles. The smallest absolute Gasteiger partial charge is 0.329 e. The highest BCUT2D eigenvalue weighted by molar-refractivity contribution is 6.41. The number of carbonyl (C=O) groups is 2. The molecule has 1 aliphatic carbocycles. The van der Waals surface area contributed by atoms with Crippen LogP contribution >= 0.6 is 23.2 Å². The molecular weight excluding hydrogens is 303 g/mol. The van der Waals surface area contributed by atoms with E-state index in [1.165, 1.54) is 6.07 Å². The monoisotopic (exact) mass is 318 g/mol. The number of aliphatic carboxylic acids is 1. The second-order valence-electron chi connectivity index (χ2n) is 5.39. The lowest BCUT2D eigenvalue weighted by molar-refractivity contribution is -0.146. The number of aromatic amines is 1. The van der Waals surface area contributed by atoms with Crippen LogP contribution in [0.15, 0.2) is 6.07 Å². The van der Waals surface area contributed by atoms with E-state index in [0.29, 0.717) is 12.8 Å². The molecule has 2 atom stereocenters. The number of hydrogen-bond donors (Lipinski definition) is 3. The summed E-state index contributed by atoms with van der Waals surface area (Å²) in [7, 11) is 0. The quantitative estimate of drug-likeness (QED) is 0.801. The molecular formula is C13H16Cl2N2O3. The number of rotatable bonds is 3. The Labute approximate surface area is 126 Å². The van der Waals surface area contributed by atoms with Crippen molar-refractivity contribution in [3.05, 3.63) is 21.9 Å². The normalized spacial score (nSPS) is 26.2. The fraction of sp³-hybridized carbons (Fsp3) is 0.538. The van der Waals surface area contributed by atoms with Crippen molar-refractivity contribution in [3.63, 3.8) is 0 Å². The van der Waals surface area contributed by atoms with Crippen molar-refractivity contribution in [3.8, 4) is 0 Å². The molecule has 0 saturated heterocycles. The zero-order valence-electron chi connectivity index (χ0n) is 11.0. The first kappa shape index (κ1) is 15.2. The summed E-state index contributed by atoms with van der Waals surface area (Å²) in [5.74, 6) is -1.24. The van der Waals surface area contributed by atoms with Gasteiger partial charge in [0.25, 0.3) is 5.91 Å². The summed E-state index contributed by atoms with van der Waals surface area (Å²) >= 11 is 11.5. The van der Waals surface area contributed by atoms with Gasteiger partial charge in [0.05, 0.1) is 5.02 Å². The third-order valence-corrected chi connectivity index (χ3v) is 4.42. The number of carboxylic acid groups (broad SMARTS) is 1. The minimum absolute atomic E-state index is 0.165. The molecule has 1 saturated carbocycles. The van der Waals surface area contributed by atoms with Gasteiger partial charge in [0.1, 0.15) is 16.4 Å². The molecule has 1 heterocycles. The first-order valence-electron chi connectivity index (χ1n) is 6.44. The van der Waals surface area contributed by atoms with E-state index >= 15 is 0 Å². The number of hydrogen-bond acceptors (Lipinski definition) is 2. The average molecular weight is 319 g/mol. The predicted molar refractivity (Wildman–Crippen MR) is 76.3 cm³/mol. The van der Waals surface area contributed by atoms with Crippen LogP contribution in [-0.2, 0) is 4.79 Å². The second kappa shape index (κ2) is 5.66. The fourth-order valence-corrected chi connectivity index (χ4v) is 3.04. The van der Waals surface area contributed by atoms with Gasteiger partial charge in [-0.1, -0.05) is 43.0 Å². The van der Waals surface area contributed by atoms with Gasteiger partial charge in [0, 0.05) is 0 Å². The lowest BCUT2D eigenvalue weighted by Gasteiger charge is -2.36. The van der Waals surface area contributed by atoms with Gasteiger partial charge < -0.3 is 15.4 Å². The SMILES string of the molecule is CC1CCCC(NC(=O)c2cc(Cl)c(Cl)[nH]2)(C(=O)O)C1. The topological polar surface area (TPSA) is 82.2 Å². The van der Waals surface area contributed by atoms with Crippen LogP contribution in [0.3, 0.4) is 0 Å². The van der Waals surface area contributed by atoms with E-state index in [9.17, 15) is 14.7 Å². The average Bonchev–Trinajstić information content (AvgIpc) is 2.69. The van der Waals surface area contributed by atoms with Crippen molar-refractivity contribution >= 4 is 35.1 Å². The number of carbonyl (C=O) groups excluding carboxylic acids is 1. The number of halogens is 2. The number of H-pyrrole nitrogens is 1. The highest BCUT2D eigenvalue weighted by Crippen LogP contribution is 2.33. The van der Waals surface area contributed by atoms with E-state index in [2.05, 4.69) is 10.3 Å². The number of carboxylic acids is 1. The summed E-state index contributed by atoms with van der Waals surface area (Å²) in [4.78, 5) is 26.4. The maximum atomic E-state index is 12.2. The van der Waals surface area contributed by atoms with Crippen LogP contribution in [0.1, 0.15) is 43.1 Å². The summed E-state index contributed by atoms with van der Waals surface area (Å²) in [6, 6.07) is 1.39. The number of nitrogens with one attached hydrogen (secondary N) is 2. The van der Waals surface area contributed by atoms with Gasteiger partial charge in [-0.15, -0.1) is 0 Å². The van der Waals surface area contributed by atoms with Crippen molar-refractivity contribution in [2.45, 2.75) is 38.1 Å². The molecule has 1 aromatic heterocycles. The molecule has 110 valence electrons. The zero-order valence-corrected chi connectivity index (χ0v) is 12.5. The molecule has 20 heavy (non-hydrogen) atoms. The van der Waals surface area contributed by atoms with E-state index in [-0.39, 0.29) is 21.8 Å². The van der Waals surface area contributed by atoms with Crippen LogP contribution in [0.25, 0.3) is 0 Å². The molecule has 1 amide bonds. The number of aromatic nitrogens is 1. The molecule has 2 unspecified atom stereocenters. The first-order chi connectivity index (χ1) is 9.34. The van der Waals surface area contributed by atoms with Crippen LogP contribution in [0, 0.1) is 5.92 Å². The maximum absolute atomic E-state index is 12.2. The molecule has 7 heteroatoms. The van der Waals surface area contributed by atoms with Crippen molar-refractivity contribution < 1.29 is 14.7 Å². The van der Waals surface area contributed by atoms with Crippen LogP contribution in [-0.4, -0.2) is 27.5 Å². The summed E-state index contributed by atoms with van der Waals surface area (Å²) in [6.45, 7) is 1.99. The Balaban J connectivity index is 2.20. The third kappa shape index (κ3) is 2.94. The Morgan fingerprint density at radius 3 is 2.70 bits per heavy atom. The van der Waals surface area contributed by atoms with Crippen molar-refractivity contribution in [2.24, 2.45) is 5.92 Å². The van der Waals surface area contributed by atoms with Crippen molar-refractivity contribution in [1.82, 2.24) is 10.3 Å². The van der Waals surface area contributed by atoms with Gasteiger partial charge >= 0.3 is 5.97 Å².